The largest absolute Gasteiger partial charge is 0.497 e. The van der Waals surface area contributed by atoms with Crippen LogP contribution >= 0.6 is 0 Å². The summed E-state index contributed by atoms with van der Waals surface area (Å²) in [5, 5.41) is 15.6. The van der Waals surface area contributed by atoms with Crippen LogP contribution in [0.5, 0.6) is 5.75 Å². The number of aliphatic hydroxyl groups excluding tert-OH is 1. The molecular weight excluding hydrogens is 474 g/mol. The van der Waals surface area contributed by atoms with E-state index in [2.05, 4.69) is 10.6 Å². The lowest BCUT2D eigenvalue weighted by molar-refractivity contribution is -0.146. The molecule has 3 amide bonds. The number of ether oxygens (including phenoxy) is 2. The van der Waals surface area contributed by atoms with Gasteiger partial charge in [0.25, 0.3) is 0 Å². The number of fused-ring (bicyclic) bond motifs is 1. The van der Waals surface area contributed by atoms with Gasteiger partial charge in [0, 0.05) is 18.8 Å². The van der Waals surface area contributed by atoms with Crippen molar-refractivity contribution < 1.29 is 29.0 Å². The molecule has 37 heavy (non-hydrogen) atoms. The number of aliphatic hydroxyl groups is 1. The van der Waals surface area contributed by atoms with Gasteiger partial charge in [-0.05, 0) is 49.1 Å². The number of β-amino-alcohol motifs (C(OH)–C–C–N with tert-alkyl or cyclic N) is 1. The van der Waals surface area contributed by atoms with Gasteiger partial charge in [-0.1, -0.05) is 37.3 Å². The summed E-state index contributed by atoms with van der Waals surface area (Å²) in [5.74, 6) is -1.99. The van der Waals surface area contributed by atoms with E-state index >= 15 is 0 Å². The van der Waals surface area contributed by atoms with Crippen molar-refractivity contribution in [3.8, 4) is 5.75 Å². The molecule has 3 N–H and O–H groups in total. The highest BCUT2D eigenvalue weighted by atomic mass is 16.5. The number of anilines is 1. The normalized spacial score (nSPS) is 31.8. The number of rotatable bonds is 8. The van der Waals surface area contributed by atoms with Gasteiger partial charge in [-0.25, -0.2) is 0 Å². The maximum Gasteiger partial charge on any atom is 0.250 e. The number of carbonyl (C=O) groups is 3. The third kappa shape index (κ3) is 3.97. The van der Waals surface area contributed by atoms with E-state index in [9.17, 15) is 19.5 Å². The summed E-state index contributed by atoms with van der Waals surface area (Å²) in [6, 6.07) is 15.5. The number of methoxy groups -OCH3 is 1. The van der Waals surface area contributed by atoms with Crippen LogP contribution in [0.1, 0.15) is 25.8 Å². The van der Waals surface area contributed by atoms with E-state index in [1.807, 2.05) is 44.2 Å². The van der Waals surface area contributed by atoms with Crippen LogP contribution in [0.2, 0.25) is 0 Å². The Morgan fingerprint density at radius 2 is 1.84 bits per heavy atom. The Hall–Kier alpha value is -3.43. The predicted molar refractivity (Wildman–Crippen MR) is 135 cm³/mol. The Bertz CT molecular complexity index is 1190. The number of likely N-dealkylation sites (tertiary alicyclic amines) is 1. The number of carbonyl (C=O) groups excluding carboxylic acids is 3. The van der Waals surface area contributed by atoms with Gasteiger partial charge in [0.05, 0.1) is 31.2 Å². The summed E-state index contributed by atoms with van der Waals surface area (Å²) in [5.41, 5.74) is -0.563. The van der Waals surface area contributed by atoms with Crippen molar-refractivity contribution >= 4 is 23.4 Å². The van der Waals surface area contributed by atoms with E-state index in [4.69, 9.17) is 9.47 Å². The van der Waals surface area contributed by atoms with Crippen molar-refractivity contribution in [3.05, 3.63) is 60.2 Å². The van der Waals surface area contributed by atoms with Crippen LogP contribution in [-0.2, 0) is 25.7 Å². The molecule has 2 aromatic rings. The average Bonchev–Trinajstić information content (AvgIpc) is 3.40. The zero-order valence-corrected chi connectivity index (χ0v) is 21.3. The third-order valence-electron chi connectivity index (χ3n) is 8.35. The molecule has 3 heterocycles. The van der Waals surface area contributed by atoms with Crippen LogP contribution in [0.4, 0.5) is 5.69 Å². The van der Waals surface area contributed by atoms with Crippen molar-refractivity contribution in [1.82, 2.24) is 10.2 Å². The van der Waals surface area contributed by atoms with Gasteiger partial charge in [0.15, 0.2) is 0 Å². The van der Waals surface area contributed by atoms with Gasteiger partial charge in [0.2, 0.25) is 17.7 Å². The Morgan fingerprint density at radius 1 is 1.14 bits per heavy atom. The molecule has 2 bridgehead atoms. The first kappa shape index (κ1) is 25.2. The Labute approximate surface area is 216 Å². The molecule has 1 spiro atoms. The second kappa shape index (κ2) is 9.46. The Balaban J connectivity index is 1.45. The zero-order chi connectivity index (χ0) is 26.4. The molecule has 0 saturated carbocycles. The standard InChI is InChI=1S/C28H33N3O6/c1-17-15-28-22(21(27(17,2)37-28)24(33)29-16-18-7-5-4-6-8-18)26(35)31(13-14-32)23(28)25(34)30-19-9-11-20(36-3)12-10-19/h4-12,17,21-23,32H,13-16H2,1-3H3,(H,29,33)(H,30,34)/t17?,21-,22+,23?,27+,28?/m1/s1. The first-order chi connectivity index (χ1) is 17.7. The summed E-state index contributed by atoms with van der Waals surface area (Å²) in [4.78, 5) is 42.5. The lowest BCUT2D eigenvalue weighted by atomic mass is 9.62. The van der Waals surface area contributed by atoms with Crippen molar-refractivity contribution in [3.63, 3.8) is 0 Å². The molecule has 3 aliphatic heterocycles. The van der Waals surface area contributed by atoms with Crippen LogP contribution in [-0.4, -0.2) is 65.2 Å². The smallest absolute Gasteiger partial charge is 0.250 e. The molecule has 9 nitrogen and oxygen atoms in total. The SMILES string of the molecule is COc1ccc(NC(=O)C2N(CCO)C(=O)[C@@H]3[C@H](C(=O)NCc4ccccc4)[C@@]4(C)OC23CC4C)cc1. The topological polar surface area (TPSA) is 117 Å². The lowest BCUT2D eigenvalue weighted by Gasteiger charge is -2.36. The Kier molecular flexibility index (Phi) is 6.45. The maximum absolute atomic E-state index is 13.8. The highest BCUT2D eigenvalue weighted by Crippen LogP contribution is 2.65. The van der Waals surface area contributed by atoms with Gasteiger partial charge < -0.3 is 30.1 Å². The number of amides is 3. The van der Waals surface area contributed by atoms with Crippen molar-refractivity contribution in [2.75, 3.05) is 25.6 Å². The molecule has 9 heteroatoms. The Morgan fingerprint density at radius 3 is 2.49 bits per heavy atom. The van der Waals surface area contributed by atoms with Gasteiger partial charge in [-0.2, -0.15) is 0 Å². The van der Waals surface area contributed by atoms with E-state index in [-0.39, 0.29) is 30.9 Å². The summed E-state index contributed by atoms with van der Waals surface area (Å²) >= 11 is 0. The molecule has 0 radical (unpaired) electrons. The molecule has 2 aromatic carbocycles. The van der Waals surface area contributed by atoms with Crippen LogP contribution in [0.3, 0.4) is 0 Å². The van der Waals surface area contributed by atoms with Crippen LogP contribution in [0.25, 0.3) is 0 Å². The van der Waals surface area contributed by atoms with Crippen LogP contribution in [0.15, 0.2) is 54.6 Å². The summed E-state index contributed by atoms with van der Waals surface area (Å²) in [6.07, 6.45) is 0.463. The molecule has 6 atom stereocenters. The molecular formula is C28H33N3O6. The number of nitrogens with zero attached hydrogens (tertiary/aromatic N) is 1. The minimum atomic E-state index is -1.16. The highest BCUT2D eigenvalue weighted by molar-refractivity contribution is 6.03. The van der Waals surface area contributed by atoms with Crippen LogP contribution < -0.4 is 15.4 Å². The fourth-order valence-corrected chi connectivity index (χ4v) is 6.57. The molecule has 3 unspecified atom stereocenters. The van der Waals surface area contributed by atoms with Gasteiger partial charge >= 0.3 is 0 Å². The summed E-state index contributed by atoms with van der Waals surface area (Å²) in [7, 11) is 1.56. The highest BCUT2D eigenvalue weighted by Gasteiger charge is 2.79. The minimum Gasteiger partial charge on any atom is -0.497 e. The minimum absolute atomic E-state index is 0.0232. The lowest BCUT2D eigenvalue weighted by Crippen LogP contribution is -2.54. The van der Waals surface area contributed by atoms with Crippen molar-refractivity contribution in [1.29, 1.82) is 0 Å². The first-order valence-corrected chi connectivity index (χ1v) is 12.6. The molecule has 0 aliphatic carbocycles. The van der Waals surface area contributed by atoms with E-state index in [1.54, 1.807) is 31.4 Å². The molecule has 196 valence electrons. The number of benzene rings is 2. The second-order valence-electron chi connectivity index (χ2n) is 10.4. The zero-order valence-electron chi connectivity index (χ0n) is 21.3. The van der Waals surface area contributed by atoms with Crippen molar-refractivity contribution in [2.45, 2.75) is 44.1 Å². The summed E-state index contributed by atoms with van der Waals surface area (Å²) < 4.78 is 11.8. The van der Waals surface area contributed by atoms with Gasteiger partial charge in [0.1, 0.15) is 17.4 Å². The number of hydrogen-bond acceptors (Lipinski definition) is 6. The monoisotopic (exact) mass is 507 g/mol. The van der Waals surface area contributed by atoms with Crippen LogP contribution in [0, 0.1) is 17.8 Å². The predicted octanol–water partition coefficient (Wildman–Crippen LogP) is 1.95. The van der Waals surface area contributed by atoms with E-state index < -0.39 is 35.0 Å². The number of nitrogens with one attached hydrogen (secondary N) is 2. The van der Waals surface area contributed by atoms with E-state index in [0.29, 0.717) is 24.4 Å². The average molecular weight is 508 g/mol. The molecule has 3 fully saturated rings. The molecule has 0 aromatic heterocycles. The third-order valence-corrected chi connectivity index (χ3v) is 8.35. The van der Waals surface area contributed by atoms with E-state index in [0.717, 1.165) is 5.56 Å². The fourth-order valence-electron chi connectivity index (χ4n) is 6.57. The molecule has 5 rings (SSSR count). The maximum atomic E-state index is 13.8. The number of hydrogen-bond donors (Lipinski definition) is 3. The first-order valence-electron chi connectivity index (χ1n) is 12.6. The van der Waals surface area contributed by atoms with Crippen molar-refractivity contribution in [2.24, 2.45) is 17.8 Å². The second-order valence-corrected chi connectivity index (χ2v) is 10.4. The van der Waals surface area contributed by atoms with E-state index in [1.165, 1.54) is 4.90 Å². The quantitative estimate of drug-likeness (QED) is 0.503. The molecule has 3 saturated heterocycles. The summed E-state index contributed by atoms with van der Waals surface area (Å²) in [6.45, 7) is 3.87. The fraction of sp³-hybridized carbons (Fsp3) is 0.464. The van der Waals surface area contributed by atoms with Gasteiger partial charge in [-0.15, -0.1) is 0 Å². The van der Waals surface area contributed by atoms with Gasteiger partial charge in [-0.3, -0.25) is 14.4 Å². The molecule has 3 aliphatic rings.